The Morgan fingerprint density at radius 2 is 1.62 bits per heavy atom. The van der Waals surface area contributed by atoms with Gasteiger partial charge in [0.2, 0.25) is 0 Å². The lowest BCUT2D eigenvalue weighted by Gasteiger charge is -2.47. The van der Waals surface area contributed by atoms with Gasteiger partial charge in [0.15, 0.2) is 0 Å². The van der Waals surface area contributed by atoms with Gasteiger partial charge >= 0.3 is 0 Å². The van der Waals surface area contributed by atoms with Crippen molar-refractivity contribution in [2.24, 2.45) is 0 Å². The third-order valence-corrected chi connectivity index (χ3v) is 4.47. The molecule has 16 heavy (non-hydrogen) atoms. The lowest BCUT2D eigenvalue weighted by molar-refractivity contribution is 0.0611. The molecular weight excluding hydrogens is 196 g/mol. The molecule has 0 aromatic heterocycles. The summed E-state index contributed by atoms with van der Waals surface area (Å²) in [7, 11) is 0. The van der Waals surface area contributed by atoms with Gasteiger partial charge in [0, 0.05) is 11.6 Å². The average Bonchev–Trinajstić information content (AvgIpc) is 2.84. The fourth-order valence-electron chi connectivity index (χ4n) is 3.53. The van der Waals surface area contributed by atoms with Gasteiger partial charge < -0.3 is 5.32 Å². The van der Waals surface area contributed by atoms with Crippen LogP contribution < -0.4 is 5.32 Å². The van der Waals surface area contributed by atoms with Crippen molar-refractivity contribution in [3.05, 3.63) is 0 Å². The molecule has 1 rings (SSSR count). The summed E-state index contributed by atoms with van der Waals surface area (Å²) in [6.45, 7) is 13.0. The molecule has 1 N–H and O–H groups in total. The summed E-state index contributed by atoms with van der Waals surface area (Å²) in [6.07, 6.45) is 6.57. The Kier molecular flexibility index (Phi) is 5.77. The van der Waals surface area contributed by atoms with E-state index in [0.717, 1.165) is 6.54 Å². The van der Waals surface area contributed by atoms with Crippen molar-refractivity contribution in [2.45, 2.75) is 71.4 Å². The Labute approximate surface area is 102 Å². The monoisotopic (exact) mass is 226 g/mol. The van der Waals surface area contributed by atoms with Crippen LogP contribution in [-0.2, 0) is 0 Å². The first kappa shape index (κ1) is 14.0. The van der Waals surface area contributed by atoms with Crippen molar-refractivity contribution in [2.75, 3.05) is 19.6 Å². The molecule has 0 amide bonds. The van der Waals surface area contributed by atoms with Crippen molar-refractivity contribution < 1.29 is 0 Å². The molecule has 0 spiro atoms. The average molecular weight is 226 g/mol. The quantitative estimate of drug-likeness (QED) is 0.718. The molecule has 0 saturated carbocycles. The third kappa shape index (κ3) is 2.60. The molecule has 1 saturated heterocycles. The number of likely N-dealkylation sites (tertiary alicyclic amines) is 1. The molecule has 96 valence electrons. The van der Waals surface area contributed by atoms with E-state index in [0.29, 0.717) is 11.6 Å². The molecule has 0 aromatic carbocycles. The lowest BCUT2D eigenvalue weighted by atomic mass is 9.81. The van der Waals surface area contributed by atoms with Gasteiger partial charge in [-0.3, -0.25) is 4.90 Å². The maximum Gasteiger partial charge on any atom is 0.0357 e. The standard InChI is InChI=1S/C14H30N2/c1-5-13(15-8-4)14(6-2,7-3)16-11-9-10-12-16/h13,15H,5-12H2,1-4H3. The predicted octanol–water partition coefficient (Wildman–Crippen LogP) is 3.03. The maximum absolute atomic E-state index is 3.71. The molecule has 0 radical (unpaired) electrons. The number of nitrogens with zero attached hydrogens (tertiary/aromatic N) is 1. The van der Waals surface area contributed by atoms with Gasteiger partial charge in [0.1, 0.15) is 0 Å². The SMILES string of the molecule is CCNC(CC)C(CC)(CC)N1CCCC1. The summed E-state index contributed by atoms with van der Waals surface area (Å²) in [5, 5.41) is 3.71. The smallest absolute Gasteiger partial charge is 0.0357 e. The number of rotatable bonds is 7. The summed E-state index contributed by atoms with van der Waals surface area (Å²) < 4.78 is 0. The molecule has 2 nitrogen and oxygen atoms in total. The Morgan fingerprint density at radius 1 is 1.06 bits per heavy atom. The molecule has 1 heterocycles. The van der Waals surface area contributed by atoms with Gasteiger partial charge in [0.25, 0.3) is 0 Å². The van der Waals surface area contributed by atoms with Gasteiger partial charge in [-0.15, -0.1) is 0 Å². The Bertz CT molecular complexity index is 181. The number of hydrogen-bond donors (Lipinski definition) is 1. The lowest BCUT2D eigenvalue weighted by Crippen LogP contribution is -2.59. The fourth-order valence-corrected chi connectivity index (χ4v) is 3.53. The summed E-state index contributed by atoms with van der Waals surface area (Å²) in [4.78, 5) is 2.75. The van der Waals surface area contributed by atoms with Crippen molar-refractivity contribution >= 4 is 0 Å². The van der Waals surface area contributed by atoms with E-state index in [9.17, 15) is 0 Å². The van der Waals surface area contributed by atoms with E-state index < -0.39 is 0 Å². The Hall–Kier alpha value is -0.0800. The van der Waals surface area contributed by atoms with Crippen LogP contribution in [0.1, 0.15) is 59.8 Å². The fraction of sp³-hybridized carbons (Fsp3) is 1.00. The minimum Gasteiger partial charge on any atom is -0.312 e. The van der Waals surface area contributed by atoms with E-state index in [1.54, 1.807) is 0 Å². The number of likely N-dealkylation sites (N-methyl/N-ethyl adjacent to an activating group) is 1. The largest absolute Gasteiger partial charge is 0.312 e. The second-order valence-electron chi connectivity index (χ2n) is 5.02. The van der Waals surface area contributed by atoms with Crippen LogP contribution >= 0.6 is 0 Å². The molecule has 1 fully saturated rings. The molecule has 0 aliphatic carbocycles. The van der Waals surface area contributed by atoms with Gasteiger partial charge in [-0.05, 0) is 51.7 Å². The van der Waals surface area contributed by atoms with Crippen LogP contribution in [0.2, 0.25) is 0 Å². The summed E-state index contributed by atoms with van der Waals surface area (Å²) in [5.41, 5.74) is 0.404. The van der Waals surface area contributed by atoms with Crippen LogP contribution in [0.15, 0.2) is 0 Å². The van der Waals surface area contributed by atoms with Crippen LogP contribution in [0.25, 0.3) is 0 Å². The Balaban J connectivity index is 2.82. The number of nitrogens with one attached hydrogen (secondary N) is 1. The topological polar surface area (TPSA) is 15.3 Å². The van der Waals surface area contributed by atoms with E-state index in [2.05, 4.69) is 37.9 Å². The highest BCUT2D eigenvalue weighted by atomic mass is 15.2. The van der Waals surface area contributed by atoms with Crippen LogP contribution in [0.3, 0.4) is 0 Å². The zero-order valence-electron chi connectivity index (χ0n) is 11.7. The van der Waals surface area contributed by atoms with E-state index in [1.165, 1.54) is 45.2 Å². The van der Waals surface area contributed by atoms with Crippen molar-refractivity contribution in [1.29, 1.82) is 0 Å². The van der Waals surface area contributed by atoms with Crippen LogP contribution in [0, 0.1) is 0 Å². The highest BCUT2D eigenvalue weighted by Crippen LogP contribution is 2.32. The highest BCUT2D eigenvalue weighted by Gasteiger charge is 2.40. The first-order valence-electron chi connectivity index (χ1n) is 7.23. The minimum atomic E-state index is 0.404. The molecule has 0 aromatic rings. The highest BCUT2D eigenvalue weighted by molar-refractivity contribution is 4.99. The molecule has 2 heteroatoms. The molecule has 1 atom stereocenters. The second-order valence-corrected chi connectivity index (χ2v) is 5.02. The molecule has 1 aliphatic rings. The van der Waals surface area contributed by atoms with Crippen molar-refractivity contribution in [3.63, 3.8) is 0 Å². The van der Waals surface area contributed by atoms with E-state index in [1.807, 2.05) is 0 Å². The molecule has 1 aliphatic heterocycles. The molecular formula is C14H30N2. The molecule has 0 bridgehead atoms. The second kappa shape index (κ2) is 6.61. The van der Waals surface area contributed by atoms with Crippen molar-refractivity contribution in [3.8, 4) is 0 Å². The summed E-state index contributed by atoms with van der Waals surface area (Å²) in [6, 6.07) is 0.658. The van der Waals surface area contributed by atoms with Gasteiger partial charge in [-0.1, -0.05) is 27.7 Å². The summed E-state index contributed by atoms with van der Waals surface area (Å²) >= 11 is 0. The zero-order chi connectivity index (χ0) is 12.0. The predicted molar refractivity (Wildman–Crippen MR) is 71.9 cm³/mol. The third-order valence-electron chi connectivity index (χ3n) is 4.47. The molecule has 1 unspecified atom stereocenters. The zero-order valence-corrected chi connectivity index (χ0v) is 11.7. The minimum absolute atomic E-state index is 0.404. The maximum atomic E-state index is 3.71. The van der Waals surface area contributed by atoms with E-state index in [4.69, 9.17) is 0 Å². The van der Waals surface area contributed by atoms with E-state index >= 15 is 0 Å². The first-order chi connectivity index (χ1) is 7.75. The van der Waals surface area contributed by atoms with Crippen LogP contribution in [0.4, 0.5) is 0 Å². The normalized spacial score (nSPS) is 20.2. The first-order valence-corrected chi connectivity index (χ1v) is 7.23. The number of hydrogen-bond acceptors (Lipinski definition) is 2. The van der Waals surface area contributed by atoms with Gasteiger partial charge in [-0.2, -0.15) is 0 Å². The van der Waals surface area contributed by atoms with Crippen LogP contribution in [0.5, 0.6) is 0 Å². The van der Waals surface area contributed by atoms with Crippen LogP contribution in [-0.4, -0.2) is 36.1 Å². The van der Waals surface area contributed by atoms with E-state index in [-0.39, 0.29) is 0 Å². The van der Waals surface area contributed by atoms with Gasteiger partial charge in [0.05, 0.1) is 0 Å². The summed E-state index contributed by atoms with van der Waals surface area (Å²) in [5.74, 6) is 0. The van der Waals surface area contributed by atoms with Gasteiger partial charge in [-0.25, -0.2) is 0 Å². The van der Waals surface area contributed by atoms with Crippen molar-refractivity contribution in [1.82, 2.24) is 10.2 Å². The Morgan fingerprint density at radius 3 is 2.00 bits per heavy atom.